The molecule has 0 spiro atoms. The fraction of sp³-hybridized carbons (Fsp3) is 0.0417. The van der Waals surface area contributed by atoms with Crippen molar-refractivity contribution in [3.8, 4) is 22.3 Å². The lowest BCUT2D eigenvalue weighted by Crippen LogP contribution is -1.92. The number of allylic oxidation sites excluding steroid dienone is 4. The average Bonchev–Trinajstić information content (AvgIpc) is 3.72. The van der Waals surface area contributed by atoms with Crippen molar-refractivity contribution in [2.45, 2.75) is 12.8 Å². The highest BCUT2D eigenvalue weighted by molar-refractivity contribution is 6.23. The topological polar surface area (TPSA) is 26.3 Å². The van der Waals surface area contributed by atoms with Gasteiger partial charge in [-0.1, -0.05) is 121 Å². The quantitative estimate of drug-likeness (QED) is 0.180. The van der Waals surface area contributed by atoms with Crippen LogP contribution in [0.2, 0.25) is 0 Å². The van der Waals surface area contributed by atoms with Crippen molar-refractivity contribution in [2.75, 3.05) is 0 Å². The maximum atomic E-state index is 6.61. The van der Waals surface area contributed by atoms with Crippen molar-refractivity contribution < 1.29 is 8.83 Å². The number of para-hydroxylation sites is 1. The maximum absolute atomic E-state index is 6.61. The third-order valence-electron chi connectivity index (χ3n) is 10.7. The molecule has 50 heavy (non-hydrogen) atoms. The molecule has 2 nitrogen and oxygen atoms in total. The Morgan fingerprint density at radius 1 is 0.400 bits per heavy atom. The van der Waals surface area contributed by atoms with Crippen LogP contribution in [0.5, 0.6) is 0 Å². The molecule has 10 aromatic rings. The summed E-state index contributed by atoms with van der Waals surface area (Å²) in [5.74, 6) is 0. The zero-order chi connectivity index (χ0) is 32.8. The molecule has 0 fully saturated rings. The first kappa shape index (κ1) is 27.6. The minimum absolute atomic E-state index is 0.872. The fourth-order valence-electron chi connectivity index (χ4n) is 8.44. The number of benzene rings is 8. The van der Waals surface area contributed by atoms with Crippen LogP contribution in [0.1, 0.15) is 18.4 Å². The first-order valence-electron chi connectivity index (χ1n) is 17.4. The lowest BCUT2D eigenvalue weighted by Gasteiger charge is -2.19. The Labute approximate surface area is 288 Å². The maximum Gasteiger partial charge on any atom is 0.136 e. The normalized spacial score (nSPS) is 13.5. The van der Waals surface area contributed by atoms with Crippen LogP contribution in [0.15, 0.2) is 167 Å². The second-order valence-corrected chi connectivity index (χ2v) is 13.5. The Balaban J connectivity index is 1.14. The Morgan fingerprint density at radius 2 is 0.980 bits per heavy atom. The van der Waals surface area contributed by atoms with Gasteiger partial charge in [-0.25, -0.2) is 0 Å². The zero-order valence-electron chi connectivity index (χ0n) is 27.2. The van der Waals surface area contributed by atoms with Crippen molar-refractivity contribution in [2.24, 2.45) is 0 Å². The van der Waals surface area contributed by atoms with Gasteiger partial charge in [-0.2, -0.15) is 0 Å². The molecule has 2 aromatic heterocycles. The molecule has 0 N–H and O–H groups in total. The van der Waals surface area contributed by atoms with Crippen LogP contribution in [0, 0.1) is 0 Å². The van der Waals surface area contributed by atoms with Gasteiger partial charge in [0, 0.05) is 21.5 Å². The van der Waals surface area contributed by atoms with E-state index < -0.39 is 0 Å². The van der Waals surface area contributed by atoms with Gasteiger partial charge < -0.3 is 8.83 Å². The molecule has 1 aliphatic carbocycles. The molecular formula is C48H30O2. The van der Waals surface area contributed by atoms with Crippen LogP contribution in [0.25, 0.3) is 104 Å². The summed E-state index contributed by atoms with van der Waals surface area (Å²) in [7, 11) is 0. The Bertz CT molecular complexity index is 3030. The SMILES string of the molecule is C1=CCCC(c2cccc3ccc(-c4c5ccccc5c(-c5ccc6c(c5)oc5cc7c(cc56)oc5ccccc57)c5ccccc45)cc23)=C1. The summed E-state index contributed by atoms with van der Waals surface area (Å²) in [6.07, 6.45) is 8.89. The average molecular weight is 639 g/mol. The van der Waals surface area contributed by atoms with E-state index in [0.717, 1.165) is 62.3 Å². The van der Waals surface area contributed by atoms with Crippen LogP contribution in [-0.2, 0) is 0 Å². The summed E-state index contributed by atoms with van der Waals surface area (Å²) < 4.78 is 12.8. The summed E-state index contributed by atoms with van der Waals surface area (Å²) >= 11 is 0. The predicted octanol–water partition coefficient (Wildman–Crippen LogP) is 14.0. The van der Waals surface area contributed by atoms with Crippen LogP contribution >= 0.6 is 0 Å². The highest BCUT2D eigenvalue weighted by Gasteiger charge is 2.19. The van der Waals surface area contributed by atoms with Crippen LogP contribution < -0.4 is 0 Å². The molecule has 11 rings (SSSR count). The highest BCUT2D eigenvalue weighted by Crippen LogP contribution is 2.46. The smallest absolute Gasteiger partial charge is 0.136 e. The molecule has 2 heterocycles. The Kier molecular flexibility index (Phi) is 5.82. The van der Waals surface area contributed by atoms with Gasteiger partial charge in [-0.05, 0) is 115 Å². The van der Waals surface area contributed by atoms with E-state index in [1.165, 1.54) is 60.1 Å². The molecule has 0 amide bonds. The van der Waals surface area contributed by atoms with Crippen molar-refractivity contribution in [3.05, 3.63) is 163 Å². The second kappa shape index (κ2) is 10.6. The molecule has 1 aliphatic rings. The van der Waals surface area contributed by atoms with E-state index in [0.29, 0.717) is 0 Å². The molecule has 0 saturated heterocycles. The van der Waals surface area contributed by atoms with Crippen LogP contribution in [0.3, 0.4) is 0 Å². The molecule has 0 saturated carbocycles. The van der Waals surface area contributed by atoms with Crippen LogP contribution in [-0.4, -0.2) is 0 Å². The molecule has 0 aliphatic heterocycles. The largest absolute Gasteiger partial charge is 0.456 e. The Morgan fingerprint density at radius 3 is 1.66 bits per heavy atom. The summed E-state index contributed by atoms with van der Waals surface area (Å²) in [5, 5.41) is 11.9. The first-order chi connectivity index (χ1) is 24.8. The van der Waals surface area contributed by atoms with E-state index in [9.17, 15) is 0 Å². The van der Waals surface area contributed by atoms with Gasteiger partial charge in [0.2, 0.25) is 0 Å². The standard InChI is InChI=1S/C48H30O2/c1-2-11-29(12-3-1)33-19-10-13-30-21-22-31(25-40(30)33)47-36-15-4-6-17-38(36)48(39-18-7-5-16-37(39)47)32-23-24-35-42-28-45-41(27-46(42)50-44(35)26-32)34-14-8-9-20-43(34)49-45/h1-2,4-11,13-28H,3,12H2. The van der Waals surface area contributed by atoms with E-state index in [4.69, 9.17) is 8.83 Å². The van der Waals surface area contributed by atoms with Gasteiger partial charge in [-0.15, -0.1) is 0 Å². The monoisotopic (exact) mass is 638 g/mol. The molecule has 2 heteroatoms. The second-order valence-electron chi connectivity index (χ2n) is 13.5. The summed E-state index contributed by atoms with van der Waals surface area (Å²) in [5.41, 5.74) is 11.1. The predicted molar refractivity (Wildman–Crippen MR) is 211 cm³/mol. The fourth-order valence-corrected chi connectivity index (χ4v) is 8.44. The van der Waals surface area contributed by atoms with Gasteiger partial charge in [0.15, 0.2) is 0 Å². The molecule has 0 bridgehead atoms. The molecule has 8 aromatic carbocycles. The van der Waals surface area contributed by atoms with Crippen molar-refractivity contribution >= 4 is 81.8 Å². The molecule has 234 valence electrons. The first-order valence-corrected chi connectivity index (χ1v) is 17.4. The zero-order valence-corrected chi connectivity index (χ0v) is 27.2. The van der Waals surface area contributed by atoms with E-state index >= 15 is 0 Å². The third kappa shape index (κ3) is 4.02. The summed E-state index contributed by atoms with van der Waals surface area (Å²) in [6, 6.07) is 50.6. The lowest BCUT2D eigenvalue weighted by molar-refractivity contribution is 0.664. The van der Waals surface area contributed by atoms with Crippen molar-refractivity contribution in [3.63, 3.8) is 0 Å². The highest BCUT2D eigenvalue weighted by atomic mass is 16.3. The van der Waals surface area contributed by atoms with Crippen LogP contribution in [0.4, 0.5) is 0 Å². The molecule has 0 atom stereocenters. The minimum atomic E-state index is 0.872. The molecule has 0 radical (unpaired) electrons. The third-order valence-corrected chi connectivity index (χ3v) is 10.7. The summed E-state index contributed by atoms with van der Waals surface area (Å²) in [6.45, 7) is 0. The number of hydrogen-bond donors (Lipinski definition) is 0. The van der Waals surface area contributed by atoms with Gasteiger partial charge in [0.25, 0.3) is 0 Å². The molecular weight excluding hydrogens is 609 g/mol. The Hall–Kier alpha value is -6.38. The van der Waals surface area contributed by atoms with E-state index in [-0.39, 0.29) is 0 Å². The minimum Gasteiger partial charge on any atom is -0.456 e. The van der Waals surface area contributed by atoms with E-state index in [1.807, 2.05) is 12.1 Å². The lowest BCUT2D eigenvalue weighted by atomic mass is 9.85. The summed E-state index contributed by atoms with van der Waals surface area (Å²) in [4.78, 5) is 0. The van der Waals surface area contributed by atoms with E-state index in [2.05, 4.69) is 146 Å². The number of fused-ring (bicyclic) bond motifs is 9. The van der Waals surface area contributed by atoms with Gasteiger partial charge in [0.1, 0.15) is 22.3 Å². The van der Waals surface area contributed by atoms with Crippen molar-refractivity contribution in [1.82, 2.24) is 0 Å². The number of furan rings is 2. The van der Waals surface area contributed by atoms with Gasteiger partial charge >= 0.3 is 0 Å². The van der Waals surface area contributed by atoms with Gasteiger partial charge in [0.05, 0.1) is 0 Å². The number of hydrogen-bond acceptors (Lipinski definition) is 2. The molecule has 0 unspecified atom stereocenters. The van der Waals surface area contributed by atoms with Crippen molar-refractivity contribution in [1.29, 1.82) is 0 Å². The van der Waals surface area contributed by atoms with E-state index in [1.54, 1.807) is 0 Å². The number of rotatable bonds is 3. The van der Waals surface area contributed by atoms with Gasteiger partial charge in [-0.3, -0.25) is 0 Å².